The number of hydrogen-bond donors (Lipinski definition) is 3. The molecule has 230 valence electrons. The Morgan fingerprint density at radius 2 is 1.89 bits per heavy atom. The number of carboxylic acids is 1. The number of rotatable bonds is 11. The van der Waals surface area contributed by atoms with Crippen LogP contribution in [0.5, 0.6) is 23.1 Å². The monoisotopic (exact) mass is 624 g/mol. The van der Waals surface area contributed by atoms with E-state index in [2.05, 4.69) is 15.1 Å². The minimum atomic E-state index is -4.32. The van der Waals surface area contributed by atoms with Crippen molar-refractivity contribution in [1.29, 1.82) is 0 Å². The number of nitrogens with one attached hydrogen (secondary N) is 2. The number of ether oxygens (including phenoxy) is 3. The maximum absolute atomic E-state index is 14.1. The van der Waals surface area contributed by atoms with E-state index >= 15 is 0 Å². The van der Waals surface area contributed by atoms with Gasteiger partial charge in [0.25, 0.3) is 0 Å². The van der Waals surface area contributed by atoms with Gasteiger partial charge in [-0.3, -0.25) is 4.79 Å². The first-order chi connectivity index (χ1) is 21.0. The summed E-state index contributed by atoms with van der Waals surface area (Å²) in [5, 5.41) is 16.5. The zero-order valence-corrected chi connectivity index (χ0v) is 24.8. The van der Waals surface area contributed by atoms with Crippen LogP contribution in [0.1, 0.15) is 41.9 Å². The van der Waals surface area contributed by atoms with Crippen LogP contribution in [0, 0.1) is 18.7 Å². The van der Waals surface area contributed by atoms with Gasteiger partial charge in [-0.05, 0) is 67.4 Å². The first kappa shape index (κ1) is 30.5. The number of carbonyl (C=O) groups excluding carboxylic acids is 1. The fraction of sp³-hybridized carbons (Fsp3) is 0.233. The summed E-state index contributed by atoms with van der Waals surface area (Å²) in [5.74, 6) is -1.89. The summed E-state index contributed by atoms with van der Waals surface area (Å²) < 4.78 is 62.0. The van der Waals surface area contributed by atoms with Crippen LogP contribution in [-0.2, 0) is 21.4 Å². The highest BCUT2D eigenvalue weighted by atomic mass is 32.2. The summed E-state index contributed by atoms with van der Waals surface area (Å²) >= 11 is 0. The summed E-state index contributed by atoms with van der Waals surface area (Å²) in [5.41, 5.74) is 0.651. The Labute approximate surface area is 252 Å². The number of fused-ring (bicyclic) bond motifs is 1. The number of anilines is 1. The lowest BCUT2D eigenvalue weighted by Gasteiger charge is -2.17. The topological polar surface area (TPSA) is 158 Å². The van der Waals surface area contributed by atoms with Crippen molar-refractivity contribution in [1.82, 2.24) is 14.5 Å². The average molecular weight is 625 g/mol. The number of nitrogens with zero attached hydrogens (tertiary/aromatic N) is 2. The molecule has 1 atom stereocenters. The summed E-state index contributed by atoms with van der Waals surface area (Å²) in [6.45, 7) is 4.98. The minimum Gasteiger partial charge on any atom is -0.476 e. The van der Waals surface area contributed by atoms with E-state index in [1.54, 1.807) is 25.1 Å². The smallest absolute Gasteiger partial charge is 0.356 e. The number of amides is 1. The number of carbonyl (C=O) groups is 2. The first-order valence-electron chi connectivity index (χ1n) is 13.6. The normalized spacial score (nSPS) is 13.0. The van der Waals surface area contributed by atoms with Crippen LogP contribution >= 0.6 is 0 Å². The summed E-state index contributed by atoms with van der Waals surface area (Å²) in [4.78, 5) is 24.2. The third-order valence-electron chi connectivity index (χ3n) is 6.99. The highest BCUT2D eigenvalue weighted by Crippen LogP contribution is 2.36. The molecule has 0 bridgehead atoms. The van der Waals surface area contributed by atoms with Gasteiger partial charge in [-0.1, -0.05) is 26.0 Å². The molecule has 1 aliphatic heterocycles. The fourth-order valence-electron chi connectivity index (χ4n) is 4.33. The molecule has 4 aromatic rings. The number of hydrogen-bond acceptors (Lipinski definition) is 8. The quantitative estimate of drug-likeness (QED) is 0.209. The summed E-state index contributed by atoms with van der Waals surface area (Å²) in [6, 6.07) is 14.3. The molecule has 1 aliphatic rings. The van der Waals surface area contributed by atoms with Crippen LogP contribution in [0.25, 0.3) is 5.69 Å². The predicted molar refractivity (Wildman–Crippen MR) is 156 cm³/mol. The number of aromatic carboxylic acids is 1. The standard InChI is InChI=1S/C30H29FN4O8S/c1-4-17(2)28(36)33-21-9-11-24(26(14-21)44(39,40)32-15-19-8-10-23-25(12-19)42-16-41-23)43-29-18(3)27(30(37)38)34-35(29)22-7-5-6-20(31)13-22/h5-14,17,32H,4,15-16H2,1-3H3,(H,33,36)(H,37,38)/t17-/m0/s1. The molecule has 0 spiro atoms. The van der Waals surface area contributed by atoms with Crippen molar-refractivity contribution in [2.45, 2.75) is 38.6 Å². The molecule has 0 aliphatic carbocycles. The third-order valence-corrected chi connectivity index (χ3v) is 8.42. The summed E-state index contributed by atoms with van der Waals surface area (Å²) in [6.07, 6.45) is 0.574. The Morgan fingerprint density at radius 3 is 2.61 bits per heavy atom. The Hall–Kier alpha value is -4.95. The number of aromatic nitrogens is 2. The minimum absolute atomic E-state index is 0.0651. The Kier molecular flexibility index (Phi) is 8.56. The molecule has 44 heavy (non-hydrogen) atoms. The van der Waals surface area contributed by atoms with E-state index in [1.165, 1.54) is 43.3 Å². The van der Waals surface area contributed by atoms with Gasteiger partial charge in [0.1, 0.15) is 16.5 Å². The molecule has 0 saturated heterocycles. The van der Waals surface area contributed by atoms with Crippen molar-refractivity contribution >= 4 is 27.6 Å². The molecule has 0 radical (unpaired) electrons. The Morgan fingerprint density at radius 1 is 1.11 bits per heavy atom. The van der Waals surface area contributed by atoms with Gasteiger partial charge in [0, 0.05) is 23.7 Å². The van der Waals surface area contributed by atoms with E-state index in [1.807, 2.05) is 6.92 Å². The van der Waals surface area contributed by atoms with Gasteiger partial charge in [0.15, 0.2) is 17.2 Å². The van der Waals surface area contributed by atoms with E-state index in [4.69, 9.17) is 14.2 Å². The second kappa shape index (κ2) is 12.3. The van der Waals surface area contributed by atoms with Crippen molar-refractivity contribution in [2.75, 3.05) is 12.1 Å². The van der Waals surface area contributed by atoms with Crippen LogP contribution in [-0.4, -0.2) is 42.0 Å². The summed E-state index contributed by atoms with van der Waals surface area (Å²) in [7, 11) is -4.32. The number of sulfonamides is 1. The highest BCUT2D eigenvalue weighted by Gasteiger charge is 2.27. The SMILES string of the molecule is CC[C@H](C)C(=O)Nc1ccc(Oc2c(C)c(C(=O)O)nn2-c2cccc(F)c2)c(S(=O)(=O)NCc2ccc3c(c2)OCO3)c1. The maximum Gasteiger partial charge on any atom is 0.356 e. The predicted octanol–water partition coefficient (Wildman–Crippen LogP) is 5.00. The Bertz CT molecular complexity index is 1860. The van der Waals surface area contributed by atoms with Gasteiger partial charge in [0.2, 0.25) is 28.6 Å². The van der Waals surface area contributed by atoms with E-state index in [9.17, 15) is 27.5 Å². The van der Waals surface area contributed by atoms with E-state index < -0.39 is 21.8 Å². The van der Waals surface area contributed by atoms with Crippen LogP contribution < -0.4 is 24.2 Å². The number of carboxylic acid groups (broad SMARTS) is 1. The van der Waals surface area contributed by atoms with Crippen molar-refractivity contribution in [3.63, 3.8) is 0 Å². The van der Waals surface area contributed by atoms with E-state index in [0.29, 0.717) is 23.5 Å². The van der Waals surface area contributed by atoms with E-state index in [-0.39, 0.29) is 64.3 Å². The molecular weight excluding hydrogens is 595 g/mol. The third kappa shape index (κ3) is 6.35. The number of benzene rings is 3. The lowest BCUT2D eigenvalue weighted by molar-refractivity contribution is -0.119. The molecule has 1 aromatic heterocycles. The van der Waals surface area contributed by atoms with Crippen LogP contribution in [0.15, 0.2) is 65.6 Å². The molecule has 1 amide bonds. The van der Waals surface area contributed by atoms with Crippen molar-refractivity contribution in [3.8, 4) is 28.8 Å². The molecule has 3 N–H and O–H groups in total. The zero-order chi connectivity index (χ0) is 31.6. The van der Waals surface area contributed by atoms with Gasteiger partial charge in [0.05, 0.1) is 5.69 Å². The molecule has 3 aromatic carbocycles. The lowest BCUT2D eigenvalue weighted by Crippen LogP contribution is -2.24. The fourth-order valence-corrected chi connectivity index (χ4v) is 5.50. The highest BCUT2D eigenvalue weighted by molar-refractivity contribution is 7.89. The van der Waals surface area contributed by atoms with Crippen LogP contribution in [0.4, 0.5) is 10.1 Å². The van der Waals surface area contributed by atoms with Crippen LogP contribution in [0.2, 0.25) is 0 Å². The first-order valence-corrected chi connectivity index (χ1v) is 15.0. The number of halogens is 1. The molecule has 0 unspecified atom stereocenters. The Balaban J connectivity index is 1.55. The molecule has 14 heteroatoms. The van der Waals surface area contributed by atoms with Crippen molar-refractivity contribution in [2.24, 2.45) is 5.92 Å². The molecule has 12 nitrogen and oxygen atoms in total. The van der Waals surface area contributed by atoms with Crippen LogP contribution in [0.3, 0.4) is 0 Å². The molecular formula is C30H29FN4O8S. The molecule has 0 saturated carbocycles. The molecule has 0 fully saturated rings. The lowest BCUT2D eigenvalue weighted by atomic mass is 10.1. The second-order valence-corrected chi connectivity index (χ2v) is 11.8. The largest absolute Gasteiger partial charge is 0.476 e. The van der Waals surface area contributed by atoms with Gasteiger partial charge < -0.3 is 24.6 Å². The van der Waals surface area contributed by atoms with Gasteiger partial charge in [-0.25, -0.2) is 22.3 Å². The molecule has 2 heterocycles. The van der Waals surface area contributed by atoms with Crippen molar-refractivity contribution in [3.05, 3.63) is 83.3 Å². The average Bonchev–Trinajstić information content (AvgIpc) is 3.60. The van der Waals surface area contributed by atoms with Gasteiger partial charge >= 0.3 is 5.97 Å². The second-order valence-electron chi connectivity index (χ2n) is 10.0. The van der Waals surface area contributed by atoms with Crippen molar-refractivity contribution < 1.29 is 41.7 Å². The zero-order valence-electron chi connectivity index (χ0n) is 24.0. The van der Waals surface area contributed by atoms with Gasteiger partial charge in [-0.2, -0.15) is 9.78 Å². The van der Waals surface area contributed by atoms with E-state index in [0.717, 1.165) is 10.7 Å². The van der Waals surface area contributed by atoms with Gasteiger partial charge in [-0.15, -0.1) is 0 Å². The maximum atomic E-state index is 14.1. The molecule has 5 rings (SSSR count).